The number of rotatable bonds is 6. The van der Waals surface area contributed by atoms with E-state index in [-0.39, 0.29) is 5.04 Å². The molecule has 1 radical (unpaired) electrons. The highest BCUT2D eigenvalue weighted by Crippen LogP contribution is 2.47. The number of hydrogen-bond acceptors (Lipinski definition) is 2. The Morgan fingerprint density at radius 2 is 1.53 bits per heavy atom. The lowest BCUT2D eigenvalue weighted by Gasteiger charge is -2.48. The summed E-state index contributed by atoms with van der Waals surface area (Å²) >= 11 is 0. The van der Waals surface area contributed by atoms with Gasteiger partial charge in [0.2, 0.25) is 0 Å². The largest absolute Gasteiger partial charge is 0.509 e. The molecular formula is C16H25O2Si. The van der Waals surface area contributed by atoms with Crippen molar-refractivity contribution in [1.82, 2.24) is 0 Å². The second-order valence-electron chi connectivity index (χ2n) is 6.28. The number of benzene rings is 1. The molecule has 0 aromatic heterocycles. The minimum Gasteiger partial charge on any atom is -0.509 e. The van der Waals surface area contributed by atoms with Crippen LogP contribution >= 0.6 is 0 Å². The standard InChI is InChI=1S/C16H25O2Si/c1-13(2)19(14(3)4,18-12-17)16(5,6)15-10-8-7-9-11-15/h7-11,13-14H,1-6H3. The quantitative estimate of drug-likeness (QED) is 0.722. The first-order valence-electron chi connectivity index (χ1n) is 6.91. The third-order valence-electron chi connectivity index (χ3n) is 4.40. The lowest BCUT2D eigenvalue weighted by atomic mass is 10.0. The molecule has 0 aliphatic rings. The zero-order valence-electron chi connectivity index (χ0n) is 12.9. The van der Waals surface area contributed by atoms with E-state index in [0.717, 1.165) is 0 Å². The van der Waals surface area contributed by atoms with E-state index in [1.807, 2.05) is 18.2 Å². The molecule has 3 heteroatoms. The Morgan fingerprint density at radius 1 is 1.05 bits per heavy atom. The first-order valence-corrected chi connectivity index (χ1v) is 8.97. The van der Waals surface area contributed by atoms with E-state index in [9.17, 15) is 4.79 Å². The average Bonchev–Trinajstić information content (AvgIpc) is 2.35. The zero-order chi connectivity index (χ0) is 14.7. The van der Waals surface area contributed by atoms with Gasteiger partial charge in [-0.1, -0.05) is 71.9 Å². The maximum Gasteiger partial charge on any atom is 0.402 e. The summed E-state index contributed by atoms with van der Waals surface area (Å²) in [5.41, 5.74) is 1.91. The molecule has 0 heterocycles. The van der Waals surface area contributed by atoms with Crippen LogP contribution in [0.5, 0.6) is 0 Å². The Labute approximate surface area is 118 Å². The van der Waals surface area contributed by atoms with Crippen molar-refractivity contribution in [3.05, 3.63) is 35.9 Å². The summed E-state index contributed by atoms with van der Waals surface area (Å²) in [4.78, 5) is 11.0. The van der Waals surface area contributed by atoms with Crippen molar-refractivity contribution >= 4 is 14.8 Å². The van der Waals surface area contributed by atoms with Crippen LogP contribution in [0.25, 0.3) is 0 Å². The van der Waals surface area contributed by atoms with Crippen LogP contribution in [0.3, 0.4) is 0 Å². The summed E-state index contributed by atoms with van der Waals surface area (Å²) < 4.78 is 5.71. The van der Waals surface area contributed by atoms with E-state index >= 15 is 0 Å². The van der Waals surface area contributed by atoms with E-state index in [0.29, 0.717) is 11.1 Å². The predicted octanol–water partition coefficient (Wildman–Crippen LogP) is 4.35. The lowest BCUT2D eigenvalue weighted by Crippen LogP contribution is -2.59. The molecule has 0 N–H and O–H groups in total. The summed E-state index contributed by atoms with van der Waals surface area (Å²) in [6, 6.07) is 10.4. The van der Waals surface area contributed by atoms with Gasteiger partial charge < -0.3 is 4.43 Å². The van der Waals surface area contributed by atoms with Crippen LogP contribution in [0.4, 0.5) is 0 Å². The van der Waals surface area contributed by atoms with Gasteiger partial charge in [-0.05, 0) is 16.6 Å². The topological polar surface area (TPSA) is 26.3 Å². The molecule has 19 heavy (non-hydrogen) atoms. The van der Waals surface area contributed by atoms with Crippen LogP contribution < -0.4 is 0 Å². The Bertz CT molecular complexity index is 402. The van der Waals surface area contributed by atoms with Crippen molar-refractivity contribution in [2.24, 2.45) is 0 Å². The van der Waals surface area contributed by atoms with E-state index in [4.69, 9.17) is 4.43 Å². The molecule has 0 aliphatic carbocycles. The summed E-state index contributed by atoms with van der Waals surface area (Å²) in [6.07, 6.45) is 0. The highest BCUT2D eigenvalue weighted by Gasteiger charge is 2.56. The Balaban J connectivity index is 3.42. The average molecular weight is 277 g/mol. The van der Waals surface area contributed by atoms with Crippen LogP contribution in [0.2, 0.25) is 11.1 Å². The predicted molar refractivity (Wildman–Crippen MR) is 82.2 cm³/mol. The number of hydrogen-bond donors (Lipinski definition) is 0. The lowest BCUT2D eigenvalue weighted by molar-refractivity contribution is 0.385. The molecule has 0 saturated heterocycles. The van der Waals surface area contributed by atoms with Crippen LogP contribution in [0.15, 0.2) is 30.3 Å². The van der Waals surface area contributed by atoms with Crippen molar-refractivity contribution in [3.8, 4) is 0 Å². The second kappa shape index (κ2) is 5.91. The summed E-state index contributed by atoms with van der Waals surface area (Å²) in [6.45, 7) is 14.8. The minimum absolute atomic E-state index is 0.145. The molecule has 0 saturated carbocycles. The van der Waals surface area contributed by atoms with Crippen molar-refractivity contribution in [3.63, 3.8) is 0 Å². The third-order valence-corrected chi connectivity index (χ3v) is 10.5. The highest BCUT2D eigenvalue weighted by atomic mass is 28.4. The smallest absolute Gasteiger partial charge is 0.402 e. The van der Waals surface area contributed by atoms with Crippen LogP contribution in [-0.4, -0.2) is 14.8 Å². The molecule has 105 valence electrons. The van der Waals surface area contributed by atoms with Gasteiger partial charge >= 0.3 is 6.47 Å². The monoisotopic (exact) mass is 277 g/mol. The van der Waals surface area contributed by atoms with Crippen molar-refractivity contribution in [1.29, 1.82) is 0 Å². The van der Waals surface area contributed by atoms with Crippen molar-refractivity contribution in [2.75, 3.05) is 0 Å². The molecule has 0 unspecified atom stereocenters. The molecule has 0 aliphatic heterocycles. The molecule has 1 rings (SSSR count). The van der Waals surface area contributed by atoms with Gasteiger partial charge in [0.15, 0.2) is 0 Å². The number of carbonyl (C=O) groups excluding carboxylic acids is 1. The Hall–Kier alpha value is -1.09. The van der Waals surface area contributed by atoms with Gasteiger partial charge in [-0.3, -0.25) is 0 Å². The van der Waals surface area contributed by atoms with Gasteiger partial charge in [-0.15, -0.1) is 0 Å². The summed E-state index contributed by atoms with van der Waals surface area (Å²) in [5, 5.41) is -0.145. The fourth-order valence-corrected chi connectivity index (χ4v) is 9.33. The molecule has 1 aromatic carbocycles. The SMILES string of the molecule is CC(C)[Si](O[C]=O)(C(C)C)C(C)(C)c1ccccc1. The van der Waals surface area contributed by atoms with Crippen molar-refractivity contribution in [2.45, 2.75) is 57.7 Å². The molecule has 0 bridgehead atoms. The molecule has 2 nitrogen and oxygen atoms in total. The normalized spacial score (nSPS) is 12.8. The van der Waals surface area contributed by atoms with Gasteiger partial charge in [0.25, 0.3) is 8.32 Å². The maximum atomic E-state index is 11.0. The van der Waals surface area contributed by atoms with E-state index in [1.165, 1.54) is 5.56 Å². The van der Waals surface area contributed by atoms with E-state index in [1.54, 1.807) is 6.47 Å². The first-order chi connectivity index (χ1) is 8.80. The van der Waals surface area contributed by atoms with Gasteiger partial charge in [0.1, 0.15) is 0 Å². The zero-order valence-corrected chi connectivity index (χ0v) is 13.9. The van der Waals surface area contributed by atoms with Crippen LogP contribution in [0.1, 0.15) is 47.1 Å². The van der Waals surface area contributed by atoms with Gasteiger partial charge in [-0.2, -0.15) is 0 Å². The first kappa shape index (κ1) is 16.0. The maximum absolute atomic E-state index is 11.0. The fraction of sp³-hybridized carbons (Fsp3) is 0.562. The second-order valence-corrected chi connectivity index (χ2v) is 11.6. The van der Waals surface area contributed by atoms with Gasteiger partial charge in [0, 0.05) is 5.04 Å². The molecule has 0 atom stereocenters. The Morgan fingerprint density at radius 3 is 1.89 bits per heavy atom. The highest BCUT2D eigenvalue weighted by molar-refractivity contribution is 6.80. The summed E-state index contributed by atoms with van der Waals surface area (Å²) in [5.74, 6) is 0. The Kier molecular flexibility index (Phi) is 4.96. The third kappa shape index (κ3) is 2.61. The van der Waals surface area contributed by atoms with E-state index in [2.05, 4.69) is 53.7 Å². The molecular weight excluding hydrogens is 252 g/mol. The van der Waals surface area contributed by atoms with Crippen molar-refractivity contribution < 1.29 is 9.22 Å². The minimum atomic E-state index is -2.34. The molecule has 1 aromatic rings. The molecule has 0 amide bonds. The van der Waals surface area contributed by atoms with Crippen LogP contribution in [0, 0.1) is 0 Å². The van der Waals surface area contributed by atoms with Gasteiger partial charge in [-0.25, -0.2) is 4.79 Å². The molecule has 0 spiro atoms. The molecule has 0 fully saturated rings. The van der Waals surface area contributed by atoms with Crippen LogP contribution in [-0.2, 0) is 14.3 Å². The summed E-state index contributed by atoms with van der Waals surface area (Å²) in [7, 11) is -2.34. The van der Waals surface area contributed by atoms with E-state index < -0.39 is 8.32 Å². The van der Waals surface area contributed by atoms with Gasteiger partial charge in [0.05, 0.1) is 0 Å². The fourth-order valence-electron chi connectivity index (χ4n) is 3.62.